The Hall–Kier alpha value is -4.51. The fraction of sp³-hybridized carbons (Fsp3) is 0.341. The topological polar surface area (TPSA) is 48.0 Å². The van der Waals surface area contributed by atoms with Gasteiger partial charge in [0.15, 0.2) is 5.60 Å². The summed E-state index contributed by atoms with van der Waals surface area (Å²) < 4.78 is 19.8. The first kappa shape index (κ1) is 30.2. The van der Waals surface area contributed by atoms with Crippen molar-refractivity contribution in [2.45, 2.75) is 85.7 Å². The van der Waals surface area contributed by atoms with Crippen molar-refractivity contribution < 1.29 is 19.0 Å². The van der Waals surface area contributed by atoms with Gasteiger partial charge in [-0.05, 0) is 112 Å². The zero-order valence-electron chi connectivity index (χ0n) is 27.9. The zero-order chi connectivity index (χ0) is 32.3. The number of unbranched alkanes of at least 4 members (excludes halogenated alkanes) is 3. The third-order valence-electron chi connectivity index (χ3n) is 10.4. The molecule has 5 nitrogen and oxygen atoms in total. The lowest BCUT2D eigenvalue weighted by Crippen LogP contribution is -2.34. The first-order chi connectivity index (χ1) is 22.1. The summed E-state index contributed by atoms with van der Waals surface area (Å²) in [6, 6.07) is 19.1. The molecule has 3 heterocycles. The summed E-state index contributed by atoms with van der Waals surface area (Å²) in [4.78, 5) is 16.4. The van der Waals surface area contributed by atoms with E-state index in [1.165, 1.54) is 29.7 Å². The van der Waals surface area contributed by atoms with Crippen molar-refractivity contribution in [2.24, 2.45) is 0 Å². The Morgan fingerprint density at radius 2 is 1.67 bits per heavy atom. The number of fused-ring (bicyclic) bond motifs is 7. The van der Waals surface area contributed by atoms with Gasteiger partial charge >= 0.3 is 5.97 Å². The molecule has 1 atom stereocenters. The van der Waals surface area contributed by atoms with Crippen LogP contribution in [0.4, 0.5) is 11.4 Å². The van der Waals surface area contributed by atoms with Gasteiger partial charge in [-0.3, -0.25) is 0 Å². The summed E-state index contributed by atoms with van der Waals surface area (Å²) in [6.45, 7) is 17.4. The number of allylic oxidation sites excluding steroid dienone is 1. The molecule has 0 saturated carbocycles. The minimum absolute atomic E-state index is 0.290. The molecular formula is C41H43NO4. The maximum absolute atomic E-state index is 14.0. The van der Waals surface area contributed by atoms with Gasteiger partial charge < -0.3 is 19.1 Å². The van der Waals surface area contributed by atoms with Crippen molar-refractivity contribution in [1.29, 1.82) is 0 Å². The van der Waals surface area contributed by atoms with Gasteiger partial charge in [0.05, 0.1) is 11.3 Å². The molecule has 0 saturated heterocycles. The van der Waals surface area contributed by atoms with Crippen LogP contribution < -0.4 is 14.4 Å². The van der Waals surface area contributed by atoms with Crippen molar-refractivity contribution in [3.63, 3.8) is 0 Å². The summed E-state index contributed by atoms with van der Waals surface area (Å²) in [6.07, 6.45) is 6.37. The van der Waals surface area contributed by atoms with E-state index in [9.17, 15) is 4.79 Å². The van der Waals surface area contributed by atoms with Crippen LogP contribution in [0.25, 0.3) is 0 Å². The van der Waals surface area contributed by atoms with E-state index < -0.39 is 5.60 Å². The van der Waals surface area contributed by atoms with E-state index in [-0.39, 0.29) is 5.97 Å². The lowest BCUT2D eigenvalue weighted by atomic mass is 9.73. The van der Waals surface area contributed by atoms with Gasteiger partial charge in [-0.15, -0.1) is 0 Å². The fourth-order valence-electron chi connectivity index (χ4n) is 7.74. The monoisotopic (exact) mass is 613 g/mol. The number of esters is 1. The van der Waals surface area contributed by atoms with Gasteiger partial charge in [-0.1, -0.05) is 51.0 Å². The van der Waals surface area contributed by atoms with E-state index in [0.29, 0.717) is 22.8 Å². The minimum Gasteiger partial charge on any atom is -0.462 e. The quantitative estimate of drug-likeness (QED) is 0.112. The number of aryl methyl sites for hydroxylation is 1. The third kappa shape index (κ3) is 4.54. The number of carbonyl (C=O) groups is 1. The molecule has 236 valence electrons. The molecule has 7 rings (SSSR count). The molecule has 0 aromatic heterocycles. The Kier molecular flexibility index (Phi) is 7.46. The molecule has 0 bridgehead atoms. The van der Waals surface area contributed by atoms with Gasteiger partial charge in [0, 0.05) is 46.7 Å². The molecule has 0 amide bonds. The molecule has 0 aliphatic carbocycles. The van der Waals surface area contributed by atoms with E-state index in [0.717, 1.165) is 82.6 Å². The lowest BCUT2D eigenvalue weighted by Gasteiger charge is -2.38. The Labute approximate surface area is 272 Å². The minimum atomic E-state index is -1.15. The maximum Gasteiger partial charge on any atom is 0.340 e. The Morgan fingerprint density at radius 3 is 2.46 bits per heavy atom. The zero-order valence-corrected chi connectivity index (χ0v) is 27.9. The van der Waals surface area contributed by atoms with Crippen LogP contribution in [-0.2, 0) is 23.2 Å². The van der Waals surface area contributed by atoms with Gasteiger partial charge in [-0.25, -0.2) is 4.79 Å². The second kappa shape index (κ2) is 11.4. The predicted octanol–water partition coefficient (Wildman–Crippen LogP) is 10.2. The van der Waals surface area contributed by atoms with Gasteiger partial charge in [0.1, 0.15) is 17.2 Å². The molecule has 3 aliphatic rings. The van der Waals surface area contributed by atoms with Crippen LogP contribution in [0.5, 0.6) is 17.2 Å². The van der Waals surface area contributed by atoms with Gasteiger partial charge in [0.2, 0.25) is 0 Å². The van der Waals surface area contributed by atoms with Crippen molar-refractivity contribution in [1.82, 2.24) is 0 Å². The number of anilines is 2. The second-order valence-electron chi connectivity index (χ2n) is 13.2. The number of ether oxygens (including phenoxy) is 3. The van der Waals surface area contributed by atoms with E-state index in [1.54, 1.807) is 0 Å². The molecule has 0 fully saturated rings. The number of rotatable bonds is 8. The first-order valence-electron chi connectivity index (χ1n) is 16.7. The van der Waals surface area contributed by atoms with Crippen LogP contribution >= 0.6 is 0 Å². The summed E-state index contributed by atoms with van der Waals surface area (Å²) >= 11 is 0. The predicted molar refractivity (Wildman–Crippen MR) is 184 cm³/mol. The van der Waals surface area contributed by atoms with Crippen molar-refractivity contribution in [3.05, 3.63) is 123 Å². The van der Waals surface area contributed by atoms with Gasteiger partial charge in [0.25, 0.3) is 0 Å². The highest BCUT2D eigenvalue weighted by atomic mass is 16.6. The van der Waals surface area contributed by atoms with Crippen molar-refractivity contribution in [2.75, 3.05) is 11.4 Å². The molecule has 46 heavy (non-hydrogen) atoms. The standard InChI is InChI=1S/C41H43NO4/c1-8-9-10-11-15-30-21-33-37(23-35(30)44-24(2)3)45-36-22-31(42-20-19-29-14-12-13-16-34(29)42)17-18-32(36)41(33)39-28(7)26(5)25(4)27(6)38(39)40(43)46-41/h12-14,16-18,21-23H,2,8-11,15,19-20H2,1,3-7H3. The van der Waals surface area contributed by atoms with E-state index in [2.05, 4.69) is 87.7 Å². The molecule has 1 spiro atoms. The molecule has 3 aliphatic heterocycles. The number of carbonyl (C=O) groups excluding carboxylic acids is 1. The van der Waals surface area contributed by atoms with Crippen molar-refractivity contribution >= 4 is 17.3 Å². The summed E-state index contributed by atoms with van der Waals surface area (Å²) in [7, 11) is 0. The lowest BCUT2D eigenvalue weighted by molar-refractivity contribution is 0.0222. The van der Waals surface area contributed by atoms with Crippen LogP contribution in [0.3, 0.4) is 0 Å². The number of benzene rings is 4. The normalized spacial score (nSPS) is 17.3. The Balaban J connectivity index is 1.47. The van der Waals surface area contributed by atoms with Crippen LogP contribution in [-0.4, -0.2) is 12.5 Å². The summed E-state index contributed by atoms with van der Waals surface area (Å²) in [5.41, 5.74) is 11.2. The number of nitrogens with zero attached hydrogens (tertiary/aromatic N) is 1. The Morgan fingerprint density at radius 1 is 0.913 bits per heavy atom. The summed E-state index contributed by atoms with van der Waals surface area (Å²) in [5, 5.41) is 0. The van der Waals surface area contributed by atoms with Crippen molar-refractivity contribution in [3.8, 4) is 17.2 Å². The second-order valence-corrected chi connectivity index (χ2v) is 13.2. The number of hydrogen-bond acceptors (Lipinski definition) is 5. The molecule has 0 N–H and O–H groups in total. The smallest absolute Gasteiger partial charge is 0.340 e. The summed E-state index contributed by atoms with van der Waals surface area (Å²) in [5.74, 6) is 2.38. The molecule has 4 aromatic rings. The molecule has 0 radical (unpaired) electrons. The average molecular weight is 614 g/mol. The molecule has 5 heteroatoms. The van der Waals surface area contributed by atoms with Crippen LogP contribution in [0.15, 0.2) is 66.9 Å². The van der Waals surface area contributed by atoms with Gasteiger partial charge in [-0.2, -0.15) is 0 Å². The van der Waals surface area contributed by atoms with E-state index >= 15 is 0 Å². The average Bonchev–Trinajstić information content (AvgIpc) is 3.60. The third-order valence-corrected chi connectivity index (χ3v) is 10.4. The van der Waals surface area contributed by atoms with Crippen LogP contribution in [0.1, 0.15) is 100.0 Å². The number of para-hydroxylation sites is 1. The largest absolute Gasteiger partial charge is 0.462 e. The van der Waals surface area contributed by atoms with Crippen LogP contribution in [0.2, 0.25) is 0 Å². The highest BCUT2D eigenvalue weighted by molar-refractivity contribution is 6.00. The van der Waals surface area contributed by atoms with E-state index in [1.807, 2.05) is 19.9 Å². The molecule has 4 aromatic carbocycles. The van der Waals surface area contributed by atoms with Crippen LogP contribution in [0, 0.1) is 27.7 Å². The van der Waals surface area contributed by atoms with E-state index in [4.69, 9.17) is 14.2 Å². The fourth-order valence-corrected chi connectivity index (χ4v) is 7.74. The SMILES string of the molecule is C=C(C)Oc1cc2c(cc1CCCCCC)C1(OC(=O)c3c(C)c(C)c(C)c(C)c31)c1ccc(N3CCc4ccccc43)cc1O2. The molecular weight excluding hydrogens is 570 g/mol. The first-order valence-corrected chi connectivity index (χ1v) is 16.7. The highest BCUT2D eigenvalue weighted by Crippen LogP contribution is 2.59. The maximum atomic E-state index is 14.0. The highest BCUT2D eigenvalue weighted by Gasteiger charge is 2.55. The Bertz CT molecular complexity index is 1920. The molecule has 1 unspecified atom stereocenters. The number of hydrogen-bond donors (Lipinski definition) is 0.